The molecule has 0 bridgehead atoms. The van der Waals surface area contributed by atoms with E-state index in [0.717, 1.165) is 35.6 Å². The molecule has 4 aromatic rings. The smallest absolute Gasteiger partial charge is 0.353 e. The van der Waals surface area contributed by atoms with E-state index in [-0.39, 0.29) is 24.8 Å². The number of carbonyl (C=O) groups excluding carboxylic acids is 3. The van der Waals surface area contributed by atoms with Crippen LogP contribution in [0.3, 0.4) is 0 Å². The van der Waals surface area contributed by atoms with Gasteiger partial charge >= 0.3 is 6.18 Å². The lowest BCUT2D eigenvalue weighted by molar-refractivity contribution is -0.145. The number of pyridine rings is 1. The molecular weight excluding hydrogens is 693 g/mol. The first-order valence-corrected chi connectivity index (χ1v) is 18.2. The van der Waals surface area contributed by atoms with Crippen LogP contribution in [0.4, 0.5) is 19.0 Å². The SMILES string of the molecule is CC(=O)N1CCN(c2ccc(CN(C(=O)C=Cc3ccc(C(F)(F)F)cc3)C(Cc3ccccc3)C(=O)N3CCN(Cc4ccccc4)CC3)cn2)CC1. The van der Waals surface area contributed by atoms with Gasteiger partial charge in [0.25, 0.3) is 0 Å². The van der Waals surface area contributed by atoms with E-state index in [1.165, 1.54) is 29.8 Å². The summed E-state index contributed by atoms with van der Waals surface area (Å²) in [7, 11) is 0. The lowest BCUT2D eigenvalue weighted by Crippen LogP contribution is -2.56. The van der Waals surface area contributed by atoms with Crippen molar-refractivity contribution in [3.8, 4) is 0 Å². The molecule has 2 fully saturated rings. The van der Waals surface area contributed by atoms with E-state index in [9.17, 15) is 27.6 Å². The second kappa shape index (κ2) is 17.6. The normalized spacial score (nSPS) is 16.0. The second-order valence-electron chi connectivity index (χ2n) is 13.7. The fraction of sp³-hybridized carbons (Fsp3) is 0.333. The molecule has 2 aliphatic heterocycles. The number of halogens is 3. The molecule has 0 N–H and O–H groups in total. The average molecular weight is 739 g/mol. The average Bonchev–Trinajstić information content (AvgIpc) is 3.19. The van der Waals surface area contributed by atoms with Gasteiger partial charge in [0.05, 0.1) is 5.56 Å². The summed E-state index contributed by atoms with van der Waals surface area (Å²) >= 11 is 0. The Labute approximate surface area is 314 Å². The van der Waals surface area contributed by atoms with Crippen LogP contribution in [0.2, 0.25) is 0 Å². The minimum absolute atomic E-state index is 0.0451. The van der Waals surface area contributed by atoms with E-state index >= 15 is 0 Å². The third kappa shape index (κ3) is 10.1. The quantitative estimate of drug-likeness (QED) is 0.182. The summed E-state index contributed by atoms with van der Waals surface area (Å²) in [5.74, 6) is 0.190. The van der Waals surface area contributed by atoms with Crippen molar-refractivity contribution in [2.45, 2.75) is 38.7 Å². The van der Waals surface area contributed by atoms with Crippen LogP contribution in [0.15, 0.2) is 109 Å². The minimum Gasteiger partial charge on any atom is -0.353 e. The first-order chi connectivity index (χ1) is 26.0. The Hall–Kier alpha value is -5.49. The highest BCUT2D eigenvalue weighted by Crippen LogP contribution is 2.29. The molecule has 0 spiro atoms. The highest BCUT2D eigenvalue weighted by Gasteiger charge is 2.34. The van der Waals surface area contributed by atoms with Gasteiger partial charge in [-0.05, 0) is 46.5 Å². The van der Waals surface area contributed by atoms with Gasteiger partial charge in [0.15, 0.2) is 0 Å². The number of carbonyl (C=O) groups is 3. The largest absolute Gasteiger partial charge is 0.416 e. The molecule has 0 radical (unpaired) electrons. The highest BCUT2D eigenvalue weighted by atomic mass is 19.4. The maximum absolute atomic E-state index is 14.6. The summed E-state index contributed by atoms with van der Waals surface area (Å²) < 4.78 is 39.6. The molecule has 2 aliphatic rings. The number of anilines is 1. The number of hydrogen-bond acceptors (Lipinski definition) is 6. The number of piperazine rings is 2. The van der Waals surface area contributed by atoms with Crippen LogP contribution in [0.25, 0.3) is 6.08 Å². The molecule has 0 saturated carbocycles. The number of aromatic nitrogens is 1. The zero-order valence-electron chi connectivity index (χ0n) is 30.4. The molecule has 3 aromatic carbocycles. The zero-order chi connectivity index (χ0) is 38.1. The first-order valence-electron chi connectivity index (χ1n) is 18.2. The Morgan fingerprint density at radius 2 is 1.35 bits per heavy atom. The Morgan fingerprint density at radius 1 is 0.741 bits per heavy atom. The van der Waals surface area contributed by atoms with Gasteiger partial charge in [0.1, 0.15) is 11.9 Å². The molecule has 6 rings (SSSR count). The Balaban J connectivity index is 1.25. The van der Waals surface area contributed by atoms with E-state index in [2.05, 4.69) is 21.9 Å². The zero-order valence-corrected chi connectivity index (χ0v) is 30.4. The Bertz CT molecular complexity index is 1870. The fourth-order valence-electron chi connectivity index (χ4n) is 6.88. The van der Waals surface area contributed by atoms with E-state index < -0.39 is 23.7 Å². The number of hydrogen-bond donors (Lipinski definition) is 0. The maximum atomic E-state index is 14.6. The fourth-order valence-corrected chi connectivity index (χ4v) is 6.88. The van der Waals surface area contributed by atoms with Crippen LogP contribution >= 0.6 is 0 Å². The van der Waals surface area contributed by atoms with Crippen molar-refractivity contribution in [3.63, 3.8) is 0 Å². The molecule has 2 saturated heterocycles. The monoisotopic (exact) mass is 738 g/mol. The Morgan fingerprint density at radius 3 is 1.93 bits per heavy atom. The molecule has 3 amide bonds. The molecule has 0 aliphatic carbocycles. The molecule has 9 nitrogen and oxygen atoms in total. The van der Waals surface area contributed by atoms with Gasteiger partial charge in [-0.3, -0.25) is 19.3 Å². The van der Waals surface area contributed by atoms with Crippen LogP contribution in [0, 0.1) is 0 Å². The van der Waals surface area contributed by atoms with E-state index in [4.69, 9.17) is 4.98 Å². The predicted molar refractivity (Wildman–Crippen MR) is 202 cm³/mol. The van der Waals surface area contributed by atoms with Gasteiger partial charge in [0.2, 0.25) is 17.7 Å². The summed E-state index contributed by atoms with van der Waals surface area (Å²) in [5.41, 5.74) is 2.46. The highest BCUT2D eigenvalue weighted by molar-refractivity contribution is 5.95. The van der Waals surface area contributed by atoms with Gasteiger partial charge in [0, 0.05) is 91.1 Å². The molecule has 54 heavy (non-hydrogen) atoms. The summed E-state index contributed by atoms with van der Waals surface area (Å²) in [6.07, 6.45) is 0.305. The Kier molecular flexibility index (Phi) is 12.4. The standard InChI is InChI=1S/C42H45F3N6O3/c1-32(52)48-24-26-49(27-25-48)39-18-14-36(29-46-39)31-51(40(53)19-15-33-12-16-37(17-13-33)42(43,44)45)38(28-34-8-4-2-5-9-34)41(54)50-22-20-47(21-23-50)30-35-10-6-3-7-11-35/h2-19,29,38H,20-28,30-31H2,1H3. The maximum Gasteiger partial charge on any atom is 0.416 e. The summed E-state index contributed by atoms with van der Waals surface area (Å²) in [5, 5.41) is 0. The van der Waals surface area contributed by atoms with Gasteiger partial charge in [-0.25, -0.2) is 4.98 Å². The van der Waals surface area contributed by atoms with Crippen molar-refractivity contribution in [3.05, 3.63) is 137 Å². The van der Waals surface area contributed by atoms with Gasteiger partial charge in [-0.1, -0.05) is 78.9 Å². The molecule has 1 unspecified atom stereocenters. The van der Waals surface area contributed by atoms with Crippen LogP contribution in [0.1, 0.15) is 34.7 Å². The summed E-state index contributed by atoms with van der Waals surface area (Å²) in [4.78, 5) is 54.9. The molecule has 282 valence electrons. The van der Waals surface area contributed by atoms with Crippen molar-refractivity contribution in [2.75, 3.05) is 57.3 Å². The van der Waals surface area contributed by atoms with E-state index in [1.54, 1.807) is 22.9 Å². The van der Waals surface area contributed by atoms with Crippen LogP contribution < -0.4 is 4.90 Å². The predicted octanol–water partition coefficient (Wildman–Crippen LogP) is 5.77. The molecule has 12 heteroatoms. The number of alkyl halides is 3. The molecule has 1 atom stereocenters. The topological polar surface area (TPSA) is 80.3 Å². The van der Waals surface area contributed by atoms with Crippen LogP contribution in [-0.2, 0) is 40.1 Å². The van der Waals surface area contributed by atoms with E-state index in [0.29, 0.717) is 57.9 Å². The van der Waals surface area contributed by atoms with Crippen LogP contribution in [0.5, 0.6) is 0 Å². The lowest BCUT2D eigenvalue weighted by Gasteiger charge is -2.39. The number of rotatable bonds is 11. The third-order valence-corrected chi connectivity index (χ3v) is 10.0. The van der Waals surface area contributed by atoms with Crippen molar-refractivity contribution in [2.24, 2.45) is 0 Å². The lowest BCUT2D eigenvalue weighted by atomic mass is 10.0. The van der Waals surface area contributed by atoms with Gasteiger partial charge < -0.3 is 19.6 Å². The second-order valence-corrected chi connectivity index (χ2v) is 13.7. The molecule has 3 heterocycles. The third-order valence-electron chi connectivity index (χ3n) is 10.0. The summed E-state index contributed by atoms with van der Waals surface area (Å²) in [6.45, 7) is 7.33. The first kappa shape index (κ1) is 38.2. The number of amides is 3. The summed E-state index contributed by atoms with van der Waals surface area (Å²) in [6, 6.07) is 27.3. The number of nitrogens with zero attached hydrogens (tertiary/aromatic N) is 6. The minimum atomic E-state index is -4.47. The van der Waals surface area contributed by atoms with Gasteiger partial charge in [-0.15, -0.1) is 0 Å². The van der Waals surface area contributed by atoms with Crippen molar-refractivity contribution >= 4 is 29.6 Å². The van der Waals surface area contributed by atoms with Crippen molar-refractivity contribution < 1.29 is 27.6 Å². The van der Waals surface area contributed by atoms with Crippen molar-refractivity contribution in [1.29, 1.82) is 0 Å². The number of benzene rings is 3. The van der Waals surface area contributed by atoms with E-state index in [1.807, 2.05) is 65.6 Å². The van der Waals surface area contributed by atoms with Crippen molar-refractivity contribution in [1.82, 2.24) is 24.6 Å². The molecular formula is C42H45F3N6O3. The van der Waals surface area contributed by atoms with Crippen LogP contribution in [-0.4, -0.2) is 101 Å². The van der Waals surface area contributed by atoms with Gasteiger partial charge in [-0.2, -0.15) is 13.2 Å². The molecule has 1 aromatic heterocycles.